The van der Waals surface area contributed by atoms with Crippen LogP contribution in [0.5, 0.6) is 0 Å². The van der Waals surface area contributed by atoms with Crippen molar-refractivity contribution >= 4 is 11.9 Å². The predicted octanol–water partition coefficient (Wildman–Crippen LogP) is -0.386. The van der Waals surface area contributed by atoms with E-state index in [0.717, 1.165) is 0 Å². The minimum absolute atomic E-state index is 0.00481. The van der Waals surface area contributed by atoms with Gasteiger partial charge in [-0.15, -0.1) is 0 Å². The van der Waals surface area contributed by atoms with Gasteiger partial charge >= 0.3 is 6.16 Å². The first kappa shape index (κ1) is 7.23. The second kappa shape index (κ2) is 1.58. The highest BCUT2D eigenvalue weighted by atomic mass is 16.8. The first-order valence-corrected chi connectivity index (χ1v) is 4.74. The minimum Gasteiger partial charge on any atom is -0.427 e. The summed E-state index contributed by atoms with van der Waals surface area (Å²) in [6.45, 7) is 0. The van der Waals surface area contributed by atoms with E-state index < -0.39 is 23.5 Å². The van der Waals surface area contributed by atoms with Gasteiger partial charge in [-0.25, -0.2) is 4.79 Å². The molecule has 1 saturated heterocycles. The fourth-order valence-electron chi connectivity index (χ4n) is 3.59. The Morgan fingerprint density at radius 2 is 2.14 bits per heavy atom. The van der Waals surface area contributed by atoms with Gasteiger partial charge in [0.2, 0.25) is 0 Å². The van der Waals surface area contributed by atoms with E-state index in [1.54, 1.807) is 0 Å². The summed E-state index contributed by atoms with van der Waals surface area (Å²) in [6.07, 6.45) is -0.448. The number of ether oxygens (including phenoxy) is 2. The summed E-state index contributed by atoms with van der Waals surface area (Å²) >= 11 is 0. The molecule has 0 amide bonds. The molecule has 1 aliphatic heterocycles. The third-order valence-corrected chi connectivity index (χ3v) is 4.18. The van der Waals surface area contributed by atoms with Crippen LogP contribution in [0.25, 0.3) is 0 Å². The normalized spacial score (nSPS) is 61.9. The maximum atomic E-state index is 11.7. The van der Waals surface area contributed by atoms with Gasteiger partial charge in [0.1, 0.15) is 11.7 Å². The highest BCUT2D eigenvalue weighted by Gasteiger charge is 2.88. The summed E-state index contributed by atoms with van der Waals surface area (Å²) in [7, 11) is 0. The maximum absolute atomic E-state index is 11.7. The predicted molar refractivity (Wildman–Crippen MR) is 40.3 cm³/mol. The molecule has 5 heteroatoms. The molecule has 5 atom stereocenters. The topological polar surface area (TPSA) is 72.8 Å². The van der Waals surface area contributed by atoms with Crippen molar-refractivity contribution in [2.75, 3.05) is 0 Å². The van der Waals surface area contributed by atoms with E-state index in [1.165, 1.54) is 0 Å². The largest absolute Gasteiger partial charge is 0.509 e. The van der Waals surface area contributed by atoms with Crippen LogP contribution in [0.2, 0.25) is 0 Å². The molecule has 5 fully saturated rings. The van der Waals surface area contributed by atoms with Crippen molar-refractivity contribution in [1.82, 2.24) is 0 Å². The van der Waals surface area contributed by atoms with Crippen LogP contribution >= 0.6 is 0 Å². The fraction of sp³-hybridized carbons (Fsp3) is 0.778. The smallest absolute Gasteiger partial charge is 0.427 e. The Balaban J connectivity index is 1.87. The summed E-state index contributed by atoms with van der Waals surface area (Å²) in [5.41, 5.74) is -1.92. The monoisotopic (exact) mass is 196 g/mol. The van der Waals surface area contributed by atoms with Crippen molar-refractivity contribution in [2.24, 2.45) is 11.8 Å². The molecule has 5 nitrogen and oxygen atoms in total. The molecule has 0 aromatic heterocycles. The van der Waals surface area contributed by atoms with E-state index in [9.17, 15) is 14.7 Å². The second-order valence-corrected chi connectivity index (χ2v) is 4.70. The highest BCUT2D eigenvalue weighted by molar-refractivity contribution is 5.99. The quantitative estimate of drug-likeness (QED) is 0.534. The third-order valence-electron chi connectivity index (χ3n) is 4.18. The molecular weight excluding hydrogens is 188 g/mol. The first-order valence-electron chi connectivity index (χ1n) is 4.74. The highest BCUT2D eigenvalue weighted by Crippen LogP contribution is 2.72. The Bertz CT molecular complexity index is 391. The van der Waals surface area contributed by atoms with Gasteiger partial charge in [0, 0.05) is 12.3 Å². The van der Waals surface area contributed by atoms with Gasteiger partial charge < -0.3 is 14.6 Å². The standard InChI is InChI=1S/C9H8O5/c10-6-5-3-1-8(6,12)2-4-9(3,5)14-7(11)13-4/h3-5,12H,1-2H2/t3-,4+,5?,8+,9-/m0/s1. The molecule has 0 radical (unpaired) electrons. The number of aliphatic hydroxyl groups is 1. The SMILES string of the molecule is O=C1O[C@@H]2C[C@]3(O)C[C@H]4C(C3=O)[C@@]24O1. The average Bonchev–Trinajstić information content (AvgIpc) is 2.45. The Hall–Kier alpha value is -1.10. The van der Waals surface area contributed by atoms with E-state index in [1.807, 2.05) is 0 Å². The van der Waals surface area contributed by atoms with Crippen molar-refractivity contribution in [3.8, 4) is 0 Å². The number of Topliss-reactive ketones (excluding diaryl/α,β-unsaturated/α-hetero) is 1. The van der Waals surface area contributed by atoms with Crippen LogP contribution < -0.4 is 0 Å². The number of hydrogen-bond acceptors (Lipinski definition) is 5. The lowest BCUT2D eigenvalue weighted by atomic mass is 9.77. The second-order valence-electron chi connectivity index (χ2n) is 4.70. The lowest BCUT2D eigenvalue weighted by molar-refractivity contribution is -0.151. The Morgan fingerprint density at radius 3 is 2.79 bits per heavy atom. The molecule has 1 spiro atoms. The van der Waals surface area contributed by atoms with E-state index in [-0.39, 0.29) is 24.0 Å². The molecule has 1 unspecified atom stereocenters. The molecule has 5 aliphatic rings. The van der Waals surface area contributed by atoms with Crippen LogP contribution in [0.15, 0.2) is 0 Å². The van der Waals surface area contributed by atoms with Gasteiger partial charge in [0.15, 0.2) is 11.4 Å². The zero-order valence-electron chi connectivity index (χ0n) is 7.23. The molecule has 4 saturated carbocycles. The number of carbonyl (C=O) groups is 2. The number of hydrogen-bond donors (Lipinski definition) is 1. The third kappa shape index (κ3) is 0.466. The molecule has 5 rings (SSSR count). The van der Waals surface area contributed by atoms with Crippen molar-refractivity contribution in [3.05, 3.63) is 0 Å². The van der Waals surface area contributed by atoms with Crippen LogP contribution in [0, 0.1) is 11.8 Å². The molecule has 14 heavy (non-hydrogen) atoms. The van der Waals surface area contributed by atoms with Gasteiger partial charge in [-0.2, -0.15) is 0 Å². The average molecular weight is 196 g/mol. The van der Waals surface area contributed by atoms with Crippen LogP contribution in [-0.2, 0) is 14.3 Å². The van der Waals surface area contributed by atoms with Crippen molar-refractivity contribution in [2.45, 2.75) is 30.1 Å². The van der Waals surface area contributed by atoms with E-state index in [2.05, 4.69) is 0 Å². The van der Waals surface area contributed by atoms with Crippen LogP contribution in [0.1, 0.15) is 12.8 Å². The molecule has 4 aliphatic carbocycles. The molecule has 1 N–H and O–H groups in total. The summed E-state index contributed by atoms with van der Waals surface area (Å²) in [5.74, 6) is -0.444. The molecule has 4 bridgehead atoms. The molecule has 0 aromatic carbocycles. The van der Waals surface area contributed by atoms with Crippen molar-refractivity contribution < 1.29 is 24.2 Å². The summed E-state index contributed by atoms with van der Waals surface area (Å²) in [4.78, 5) is 22.7. The van der Waals surface area contributed by atoms with Gasteiger partial charge in [0.25, 0.3) is 0 Å². The molecular formula is C9H8O5. The van der Waals surface area contributed by atoms with E-state index in [4.69, 9.17) is 9.47 Å². The van der Waals surface area contributed by atoms with E-state index in [0.29, 0.717) is 6.42 Å². The zero-order valence-corrected chi connectivity index (χ0v) is 7.23. The van der Waals surface area contributed by atoms with Crippen LogP contribution in [0.4, 0.5) is 4.79 Å². The van der Waals surface area contributed by atoms with Gasteiger partial charge in [-0.05, 0) is 6.42 Å². The minimum atomic E-state index is -1.24. The Labute approximate surface area is 79.0 Å². The van der Waals surface area contributed by atoms with Crippen LogP contribution in [0.3, 0.4) is 0 Å². The lowest BCUT2D eigenvalue weighted by Gasteiger charge is -2.35. The van der Waals surface area contributed by atoms with E-state index >= 15 is 0 Å². The summed E-state index contributed by atoms with van der Waals surface area (Å²) in [5, 5.41) is 9.94. The number of rotatable bonds is 0. The van der Waals surface area contributed by atoms with Gasteiger partial charge in [0.05, 0.1) is 5.92 Å². The van der Waals surface area contributed by atoms with Gasteiger partial charge in [-0.3, -0.25) is 4.79 Å². The molecule has 0 aromatic rings. The number of ketones is 1. The molecule has 1 heterocycles. The van der Waals surface area contributed by atoms with Crippen molar-refractivity contribution in [3.63, 3.8) is 0 Å². The maximum Gasteiger partial charge on any atom is 0.509 e. The Kier molecular flexibility index (Phi) is 0.816. The first-order chi connectivity index (χ1) is 6.58. The van der Waals surface area contributed by atoms with Crippen molar-refractivity contribution in [1.29, 1.82) is 0 Å². The lowest BCUT2D eigenvalue weighted by Crippen LogP contribution is -2.53. The summed E-state index contributed by atoms with van der Waals surface area (Å²) in [6, 6.07) is 0. The fourth-order valence-corrected chi connectivity index (χ4v) is 3.59. The molecule has 74 valence electrons. The summed E-state index contributed by atoms with van der Waals surface area (Å²) < 4.78 is 10.1. The van der Waals surface area contributed by atoms with Gasteiger partial charge in [-0.1, -0.05) is 0 Å². The zero-order chi connectivity index (χ0) is 9.72. The number of carbonyl (C=O) groups excluding carboxylic acids is 2. The Morgan fingerprint density at radius 1 is 1.36 bits per heavy atom. The van der Waals surface area contributed by atoms with Crippen LogP contribution in [-0.4, -0.2) is 34.4 Å².